The lowest BCUT2D eigenvalue weighted by atomic mass is 9.96. The summed E-state index contributed by atoms with van der Waals surface area (Å²) in [4.78, 5) is 23.7. The van der Waals surface area contributed by atoms with E-state index in [9.17, 15) is 9.59 Å². The average Bonchev–Trinajstić information content (AvgIpc) is 3.62. The number of benzene rings is 3. The number of carbonyl (C=O) groups excluding carboxylic acids is 1. The van der Waals surface area contributed by atoms with Gasteiger partial charge in [-0.2, -0.15) is 0 Å². The van der Waals surface area contributed by atoms with Crippen LogP contribution in [-0.2, 0) is 4.79 Å². The second-order valence-corrected chi connectivity index (χ2v) is 10.4. The van der Waals surface area contributed by atoms with E-state index in [-0.39, 0.29) is 22.2 Å². The zero-order valence-corrected chi connectivity index (χ0v) is 21.7. The van der Waals surface area contributed by atoms with Crippen LogP contribution in [0.2, 0.25) is 5.02 Å². The molecule has 0 spiro atoms. The van der Waals surface area contributed by atoms with Crippen molar-refractivity contribution in [1.82, 2.24) is 14.8 Å². The number of hydrogen-bond donors (Lipinski definition) is 2. The number of fused-ring (bicyclic) bond motifs is 1. The van der Waals surface area contributed by atoms with Gasteiger partial charge in [-0.25, -0.2) is 4.79 Å². The summed E-state index contributed by atoms with van der Waals surface area (Å²) in [7, 11) is 0. The molecule has 1 heterocycles. The van der Waals surface area contributed by atoms with Crippen LogP contribution in [0.1, 0.15) is 40.2 Å². The van der Waals surface area contributed by atoms with Gasteiger partial charge < -0.3 is 10.4 Å². The smallest absolute Gasteiger partial charge is 0.335 e. The Morgan fingerprint density at radius 3 is 2.60 bits per heavy atom. The van der Waals surface area contributed by atoms with Crippen molar-refractivity contribution in [2.24, 2.45) is 0 Å². The van der Waals surface area contributed by atoms with Crippen LogP contribution in [0.5, 0.6) is 0 Å². The number of carboxylic acid groups (broad SMARTS) is 1. The van der Waals surface area contributed by atoms with E-state index in [2.05, 4.69) is 62.6 Å². The van der Waals surface area contributed by atoms with E-state index in [4.69, 9.17) is 16.7 Å². The van der Waals surface area contributed by atoms with Gasteiger partial charge in [0.25, 0.3) is 0 Å². The highest BCUT2D eigenvalue weighted by Gasteiger charge is 2.27. The van der Waals surface area contributed by atoms with E-state index >= 15 is 0 Å². The van der Waals surface area contributed by atoms with Crippen molar-refractivity contribution in [2.45, 2.75) is 30.8 Å². The van der Waals surface area contributed by atoms with Gasteiger partial charge in [-0.1, -0.05) is 53.7 Å². The fourth-order valence-electron chi connectivity index (χ4n) is 4.16. The van der Waals surface area contributed by atoms with E-state index in [1.54, 1.807) is 0 Å². The number of carboxylic acids is 1. The predicted molar refractivity (Wildman–Crippen MR) is 141 cm³/mol. The Balaban J connectivity index is 1.41. The molecule has 0 unspecified atom stereocenters. The average molecular weight is 572 g/mol. The Labute approximate surface area is 219 Å². The number of aryl methyl sites for hydroxylation is 1. The third-order valence-electron chi connectivity index (χ3n) is 5.90. The largest absolute Gasteiger partial charge is 0.478 e. The van der Waals surface area contributed by atoms with Crippen molar-refractivity contribution in [3.05, 3.63) is 75.0 Å². The maximum Gasteiger partial charge on any atom is 0.335 e. The Bertz CT molecular complexity index is 1490. The summed E-state index contributed by atoms with van der Waals surface area (Å²) in [5, 5.41) is 23.4. The van der Waals surface area contributed by atoms with E-state index in [1.807, 2.05) is 10.6 Å². The number of aromatic nitrogens is 3. The summed E-state index contributed by atoms with van der Waals surface area (Å²) < 4.78 is 2.49. The zero-order chi connectivity index (χ0) is 24.7. The number of amides is 1. The first kappa shape index (κ1) is 23.8. The van der Waals surface area contributed by atoms with Gasteiger partial charge in [0.2, 0.25) is 10.6 Å². The Morgan fingerprint density at radius 2 is 1.91 bits per heavy atom. The van der Waals surface area contributed by atoms with Gasteiger partial charge >= 0.3 is 5.97 Å². The van der Waals surface area contributed by atoms with Gasteiger partial charge in [-0.15, -0.1) is 10.2 Å². The number of nitrogens with zero attached hydrogens (tertiary/aromatic N) is 3. The highest BCUT2D eigenvalue weighted by molar-refractivity contribution is 9.10. The molecule has 0 bridgehead atoms. The molecule has 1 saturated carbocycles. The molecule has 0 saturated heterocycles. The predicted octanol–water partition coefficient (Wildman–Crippen LogP) is 6.45. The van der Waals surface area contributed by atoms with Crippen molar-refractivity contribution < 1.29 is 14.7 Å². The van der Waals surface area contributed by atoms with Crippen molar-refractivity contribution >= 4 is 67.6 Å². The number of nitrogens with one attached hydrogen (secondary N) is 1. The summed E-state index contributed by atoms with van der Waals surface area (Å²) in [6.07, 6.45) is 2.44. The van der Waals surface area contributed by atoms with Crippen molar-refractivity contribution in [3.63, 3.8) is 0 Å². The molecule has 1 aromatic heterocycles. The number of anilines is 1. The SMILES string of the molecule is Cc1cc(C2CC2)c2ccccc2c1-n1c(Br)nnc1SCC(=O)Nc1ccc(C(=O)O)cc1Cl. The number of hydrogen-bond acceptors (Lipinski definition) is 5. The third-order valence-corrected chi connectivity index (χ3v) is 7.65. The lowest BCUT2D eigenvalue weighted by Gasteiger charge is -2.17. The number of thioether (sulfide) groups is 1. The minimum Gasteiger partial charge on any atom is -0.478 e. The molecule has 3 aromatic carbocycles. The molecule has 0 atom stereocenters. The third kappa shape index (κ3) is 4.80. The molecule has 0 radical (unpaired) electrons. The second kappa shape index (κ2) is 9.64. The molecule has 5 rings (SSSR count). The fraction of sp³-hybridized carbons (Fsp3) is 0.200. The summed E-state index contributed by atoms with van der Waals surface area (Å²) in [5.74, 6) is -0.695. The van der Waals surface area contributed by atoms with Gasteiger partial charge in [0.15, 0.2) is 5.16 Å². The van der Waals surface area contributed by atoms with Gasteiger partial charge in [-0.05, 0) is 76.3 Å². The Hall–Kier alpha value is -2.88. The molecule has 0 aliphatic heterocycles. The van der Waals surface area contributed by atoms with Crippen molar-refractivity contribution in [3.8, 4) is 5.69 Å². The van der Waals surface area contributed by atoms with Crippen molar-refractivity contribution in [2.75, 3.05) is 11.1 Å². The van der Waals surface area contributed by atoms with Crippen LogP contribution in [0.3, 0.4) is 0 Å². The molecule has 10 heteroatoms. The van der Waals surface area contributed by atoms with E-state index in [1.165, 1.54) is 53.8 Å². The molecular weight excluding hydrogens is 552 g/mol. The first-order valence-corrected chi connectivity index (χ1v) is 13.1. The number of rotatable bonds is 7. The standard InChI is InChI=1S/C25H20BrClN4O3S/c1-13-10-18(14-6-7-14)16-4-2-3-5-17(16)22(13)31-24(26)29-30-25(31)35-12-21(32)28-20-9-8-15(23(33)34)11-19(20)27/h2-5,8-11,14H,6-7,12H2,1H3,(H,28,32)(H,33,34). The lowest BCUT2D eigenvalue weighted by Crippen LogP contribution is -2.15. The molecule has 7 nitrogen and oxygen atoms in total. The van der Waals surface area contributed by atoms with Crippen LogP contribution in [0.15, 0.2) is 58.4 Å². The number of aromatic carboxylic acids is 1. The Kier molecular flexibility index (Phi) is 6.57. The summed E-state index contributed by atoms with van der Waals surface area (Å²) in [5.41, 5.74) is 3.88. The lowest BCUT2D eigenvalue weighted by molar-refractivity contribution is -0.113. The number of carbonyl (C=O) groups is 2. The monoisotopic (exact) mass is 570 g/mol. The molecule has 178 valence electrons. The summed E-state index contributed by atoms with van der Waals surface area (Å²) in [6, 6.07) is 14.8. The van der Waals surface area contributed by atoms with E-state index in [0.29, 0.717) is 21.5 Å². The minimum absolute atomic E-state index is 0.0515. The fourth-order valence-corrected chi connectivity index (χ4v) is 5.67. The molecule has 1 aliphatic carbocycles. The summed E-state index contributed by atoms with van der Waals surface area (Å²) >= 11 is 10.9. The molecule has 4 aromatic rings. The van der Waals surface area contributed by atoms with Gasteiger partial charge in [-0.3, -0.25) is 9.36 Å². The van der Waals surface area contributed by atoms with E-state index in [0.717, 1.165) is 16.6 Å². The molecular formula is C25H20BrClN4O3S. The van der Waals surface area contributed by atoms with Crippen LogP contribution >= 0.6 is 39.3 Å². The van der Waals surface area contributed by atoms with Gasteiger partial charge in [0, 0.05) is 5.39 Å². The summed E-state index contributed by atoms with van der Waals surface area (Å²) in [6.45, 7) is 2.09. The Morgan fingerprint density at radius 1 is 1.17 bits per heavy atom. The molecule has 2 N–H and O–H groups in total. The highest BCUT2D eigenvalue weighted by atomic mass is 79.9. The molecule has 1 amide bonds. The maximum absolute atomic E-state index is 12.6. The molecule has 35 heavy (non-hydrogen) atoms. The second-order valence-electron chi connectivity index (χ2n) is 8.37. The van der Waals surface area contributed by atoms with E-state index < -0.39 is 5.97 Å². The van der Waals surface area contributed by atoms with Gasteiger partial charge in [0.1, 0.15) is 0 Å². The number of halogens is 2. The van der Waals surface area contributed by atoms with Crippen LogP contribution in [-0.4, -0.2) is 37.5 Å². The normalized spacial score (nSPS) is 13.2. The van der Waals surface area contributed by atoms with Crippen LogP contribution in [0, 0.1) is 6.92 Å². The van der Waals surface area contributed by atoms with Crippen LogP contribution < -0.4 is 5.32 Å². The maximum atomic E-state index is 12.6. The zero-order valence-electron chi connectivity index (χ0n) is 18.6. The first-order valence-electron chi connectivity index (χ1n) is 10.9. The van der Waals surface area contributed by atoms with Gasteiger partial charge in [0.05, 0.1) is 27.7 Å². The minimum atomic E-state index is -1.08. The topological polar surface area (TPSA) is 97.1 Å². The highest BCUT2D eigenvalue weighted by Crippen LogP contribution is 2.45. The first-order chi connectivity index (χ1) is 16.8. The van der Waals surface area contributed by atoms with Crippen molar-refractivity contribution in [1.29, 1.82) is 0 Å². The molecule has 1 fully saturated rings. The van der Waals surface area contributed by atoms with Crippen LogP contribution in [0.4, 0.5) is 5.69 Å². The molecule has 1 aliphatic rings. The van der Waals surface area contributed by atoms with Crippen LogP contribution in [0.25, 0.3) is 16.5 Å². The quantitative estimate of drug-likeness (QED) is 0.247.